The van der Waals surface area contributed by atoms with Crippen LogP contribution in [0.5, 0.6) is 0 Å². The van der Waals surface area contributed by atoms with Gasteiger partial charge in [0.2, 0.25) is 5.91 Å². The zero-order valence-corrected chi connectivity index (χ0v) is 14.5. The van der Waals surface area contributed by atoms with E-state index < -0.39 is 0 Å². The summed E-state index contributed by atoms with van der Waals surface area (Å²) >= 11 is 0. The molecule has 23 heavy (non-hydrogen) atoms. The van der Waals surface area contributed by atoms with E-state index in [0.717, 1.165) is 38.0 Å². The number of hydrogen-bond acceptors (Lipinski definition) is 3. The summed E-state index contributed by atoms with van der Waals surface area (Å²) in [5.41, 5.74) is 0.986. The fraction of sp³-hybridized carbons (Fsp3) is 0.667. The summed E-state index contributed by atoms with van der Waals surface area (Å²) in [6, 6.07) is 5.79. The van der Waals surface area contributed by atoms with Crippen molar-refractivity contribution in [2.24, 2.45) is 5.92 Å². The molecular formula is C18H29N3O2. The molecule has 128 valence electrons. The second-order valence-electron chi connectivity index (χ2n) is 6.73. The lowest BCUT2D eigenvalue weighted by Gasteiger charge is -2.34. The minimum Gasteiger partial charge on any atom is -0.356 e. The van der Waals surface area contributed by atoms with E-state index in [0.29, 0.717) is 19.1 Å². The minimum absolute atomic E-state index is 0.0242. The van der Waals surface area contributed by atoms with Crippen molar-refractivity contribution in [2.75, 3.05) is 19.6 Å². The van der Waals surface area contributed by atoms with Gasteiger partial charge in [-0.05, 0) is 52.6 Å². The van der Waals surface area contributed by atoms with Gasteiger partial charge in [0.25, 0.3) is 5.56 Å². The van der Waals surface area contributed by atoms with Gasteiger partial charge in [0.05, 0.1) is 5.92 Å². The molecule has 2 heterocycles. The molecule has 0 bridgehead atoms. The van der Waals surface area contributed by atoms with Crippen LogP contribution in [0, 0.1) is 12.8 Å². The monoisotopic (exact) mass is 319 g/mol. The lowest BCUT2D eigenvalue weighted by molar-refractivity contribution is -0.126. The predicted octanol–water partition coefficient (Wildman–Crippen LogP) is 1.78. The Bertz CT molecular complexity index is 580. The first-order valence-corrected chi connectivity index (χ1v) is 8.67. The first kappa shape index (κ1) is 17.7. The third-order valence-electron chi connectivity index (χ3n) is 4.68. The summed E-state index contributed by atoms with van der Waals surface area (Å²) in [4.78, 5) is 26.5. The van der Waals surface area contributed by atoms with Crippen molar-refractivity contribution in [3.8, 4) is 0 Å². The van der Waals surface area contributed by atoms with E-state index >= 15 is 0 Å². The van der Waals surface area contributed by atoms with Crippen LogP contribution in [0.2, 0.25) is 0 Å². The first-order valence-electron chi connectivity index (χ1n) is 8.67. The Morgan fingerprint density at radius 2 is 2.17 bits per heavy atom. The van der Waals surface area contributed by atoms with Gasteiger partial charge in [-0.15, -0.1) is 0 Å². The van der Waals surface area contributed by atoms with Gasteiger partial charge >= 0.3 is 0 Å². The van der Waals surface area contributed by atoms with Gasteiger partial charge in [-0.3, -0.25) is 9.59 Å². The number of hydrogen-bond donors (Lipinski definition) is 1. The lowest BCUT2D eigenvalue weighted by Crippen LogP contribution is -2.45. The van der Waals surface area contributed by atoms with Crippen LogP contribution in [0.15, 0.2) is 23.0 Å². The van der Waals surface area contributed by atoms with Crippen molar-refractivity contribution < 1.29 is 4.79 Å². The number of piperidine rings is 1. The van der Waals surface area contributed by atoms with Crippen molar-refractivity contribution >= 4 is 5.91 Å². The molecule has 1 amide bonds. The van der Waals surface area contributed by atoms with Crippen molar-refractivity contribution in [1.29, 1.82) is 0 Å². The number of carbonyl (C=O) groups is 1. The normalized spacial score (nSPS) is 19.0. The van der Waals surface area contributed by atoms with E-state index in [1.165, 1.54) is 0 Å². The van der Waals surface area contributed by atoms with E-state index in [2.05, 4.69) is 24.1 Å². The molecule has 1 aliphatic heterocycles. The molecule has 1 fully saturated rings. The number of amides is 1. The van der Waals surface area contributed by atoms with Gasteiger partial charge in [0.15, 0.2) is 0 Å². The highest BCUT2D eigenvalue weighted by Crippen LogP contribution is 2.18. The second kappa shape index (κ2) is 8.29. The molecule has 1 aromatic rings. The molecule has 0 unspecified atom stereocenters. The summed E-state index contributed by atoms with van der Waals surface area (Å²) in [5.74, 6) is 0.264. The molecule has 1 aliphatic rings. The Balaban J connectivity index is 1.76. The van der Waals surface area contributed by atoms with E-state index in [1.54, 1.807) is 16.7 Å². The molecule has 0 aromatic carbocycles. The molecule has 1 N–H and O–H groups in total. The standard InChI is InChI=1S/C18H29N3O2/c1-14(2)20-11-5-8-16(13-20)18(23)19-10-6-12-21-15(3)7-4-9-17(21)22/h4,7,9,14,16H,5-6,8,10-13H2,1-3H3,(H,19,23)/t16-/m1/s1. The fourth-order valence-electron chi connectivity index (χ4n) is 3.19. The minimum atomic E-state index is 0.0242. The number of aromatic nitrogens is 1. The molecule has 1 saturated heterocycles. The predicted molar refractivity (Wildman–Crippen MR) is 92.5 cm³/mol. The number of nitrogens with one attached hydrogen (secondary N) is 1. The van der Waals surface area contributed by atoms with Gasteiger partial charge in [-0.25, -0.2) is 0 Å². The number of nitrogens with zero attached hydrogens (tertiary/aromatic N) is 2. The molecule has 0 radical (unpaired) electrons. The van der Waals surface area contributed by atoms with Gasteiger partial charge in [0.1, 0.15) is 0 Å². The first-order chi connectivity index (χ1) is 11.0. The number of pyridine rings is 1. The molecular weight excluding hydrogens is 290 g/mol. The second-order valence-corrected chi connectivity index (χ2v) is 6.73. The quantitative estimate of drug-likeness (QED) is 0.813. The van der Waals surface area contributed by atoms with Gasteiger partial charge in [-0.1, -0.05) is 6.07 Å². The number of likely N-dealkylation sites (tertiary alicyclic amines) is 1. The average molecular weight is 319 g/mol. The van der Waals surface area contributed by atoms with Crippen molar-refractivity contribution in [3.05, 3.63) is 34.2 Å². The third-order valence-corrected chi connectivity index (χ3v) is 4.68. The maximum Gasteiger partial charge on any atom is 0.250 e. The Hall–Kier alpha value is -1.62. The smallest absolute Gasteiger partial charge is 0.250 e. The maximum absolute atomic E-state index is 12.3. The zero-order valence-electron chi connectivity index (χ0n) is 14.5. The topological polar surface area (TPSA) is 54.3 Å². The molecule has 0 aliphatic carbocycles. The van der Waals surface area contributed by atoms with Crippen LogP contribution >= 0.6 is 0 Å². The molecule has 5 heteroatoms. The number of carbonyl (C=O) groups excluding carboxylic acids is 1. The highest BCUT2D eigenvalue weighted by atomic mass is 16.2. The summed E-state index contributed by atoms with van der Waals surface area (Å²) < 4.78 is 1.76. The lowest BCUT2D eigenvalue weighted by atomic mass is 9.96. The van der Waals surface area contributed by atoms with E-state index in [9.17, 15) is 9.59 Å². The molecule has 0 saturated carbocycles. The Morgan fingerprint density at radius 3 is 2.87 bits per heavy atom. The summed E-state index contributed by atoms with van der Waals surface area (Å²) in [6.07, 6.45) is 2.85. The fourth-order valence-corrected chi connectivity index (χ4v) is 3.19. The van der Waals surface area contributed by atoms with Crippen molar-refractivity contribution in [2.45, 2.75) is 52.6 Å². The third kappa shape index (κ3) is 4.93. The number of rotatable bonds is 6. The summed E-state index contributed by atoms with van der Waals surface area (Å²) in [7, 11) is 0. The Kier molecular flexibility index (Phi) is 6.39. The van der Waals surface area contributed by atoms with E-state index in [1.807, 2.05) is 13.0 Å². The van der Waals surface area contributed by atoms with Crippen LogP contribution in [0.25, 0.3) is 0 Å². The summed E-state index contributed by atoms with van der Waals surface area (Å²) in [6.45, 7) is 9.52. The van der Waals surface area contributed by atoms with Crippen molar-refractivity contribution in [1.82, 2.24) is 14.8 Å². The largest absolute Gasteiger partial charge is 0.356 e. The van der Waals surface area contributed by atoms with Crippen LogP contribution in [0.3, 0.4) is 0 Å². The molecule has 2 rings (SSSR count). The van der Waals surface area contributed by atoms with Crippen LogP contribution in [0.4, 0.5) is 0 Å². The van der Waals surface area contributed by atoms with Crippen LogP contribution < -0.4 is 10.9 Å². The molecule has 1 aromatic heterocycles. The van der Waals surface area contributed by atoms with Gasteiger partial charge < -0.3 is 14.8 Å². The average Bonchev–Trinajstić information content (AvgIpc) is 2.53. The highest BCUT2D eigenvalue weighted by Gasteiger charge is 2.26. The SMILES string of the molecule is Cc1cccc(=O)n1CCCNC(=O)[C@@H]1CCCN(C(C)C)C1. The molecule has 1 atom stereocenters. The van der Waals surface area contributed by atoms with Gasteiger partial charge in [0, 0.05) is 37.4 Å². The van der Waals surface area contributed by atoms with Gasteiger partial charge in [-0.2, -0.15) is 0 Å². The van der Waals surface area contributed by atoms with Crippen LogP contribution in [0.1, 0.15) is 38.8 Å². The molecule has 5 nitrogen and oxygen atoms in total. The van der Waals surface area contributed by atoms with E-state index in [4.69, 9.17) is 0 Å². The van der Waals surface area contributed by atoms with Crippen molar-refractivity contribution in [3.63, 3.8) is 0 Å². The number of aryl methyl sites for hydroxylation is 1. The summed E-state index contributed by atoms with van der Waals surface area (Å²) in [5, 5.41) is 3.04. The Labute approximate surface area is 138 Å². The maximum atomic E-state index is 12.3. The van der Waals surface area contributed by atoms with Crippen LogP contribution in [-0.4, -0.2) is 41.1 Å². The zero-order chi connectivity index (χ0) is 16.8. The Morgan fingerprint density at radius 1 is 1.39 bits per heavy atom. The van der Waals surface area contributed by atoms with Crippen LogP contribution in [-0.2, 0) is 11.3 Å². The molecule has 0 spiro atoms. The van der Waals surface area contributed by atoms with E-state index in [-0.39, 0.29) is 17.4 Å². The highest BCUT2D eigenvalue weighted by molar-refractivity contribution is 5.78.